The van der Waals surface area contributed by atoms with E-state index < -0.39 is 5.60 Å². The minimum Gasteiger partial charge on any atom is -0.393 e. The summed E-state index contributed by atoms with van der Waals surface area (Å²) in [5.41, 5.74) is 0.694. The maximum Gasteiger partial charge on any atom is 0.227 e. The van der Waals surface area contributed by atoms with E-state index in [9.17, 15) is 9.90 Å². The van der Waals surface area contributed by atoms with Gasteiger partial charge in [-0.05, 0) is 25.0 Å². The van der Waals surface area contributed by atoms with Crippen LogP contribution in [0.15, 0.2) is 24.3 Å². The van der Waals surface area contributed by atoms with E-state index in [1.807, 2.05) is 24.3 Å². The number of hydrogen-bond acceptors (Lipinski definition) is 4. The second kappa shape index (κ2) is 5.59. The van der Waals surface area contributed by atoms with E-state index in [2.05, 4.69) is 10.6 Å². The fourth-order valence-corrected chi connectivity index (χ4v) is 2.20. The number of benzene rings is 1. The molecule has 0 bridgehead atoms. The number of anilines is 1. The molecule has 19 heavy (non-hydrogen) atoms. The number of nitrogens with one attached hydrogen (secondary N) is 2. The summed E-state index contributed by atoms with van der Waals surface area (Å²) < 4.78 is 0. The summed E-state index contributed by atoms with van der Waals surface area (Å²) in [6, 6.07) is 7.74. The Balaban J connectivity index is 2.05. The second-order valence-corrected chi connectivity index (χ2v) is 5.23. The molecule has 0 aliphatic carbocycles. The van der Waals surface area contributed by atoms with Crippen molar-refractivity contribution in [2.75, 3.05) is 25.0 Å². The molecule has 0 fully saturated rings. The van der Waals surface area contributed by atoms with E-state index in [1.54, 1.807) is 0 Å². The number of hydrogen-bond donors (Lipinski definition) is 4. The van der Waals surface area contributed by atoms with Crippen molar-refractivity contribution in [1.82, 2.24) is 5.32 Å². The number of carbonyl (C=O) groups excluding carboxylic acids is 1. The van der Waals surface area contributed by atoms with Gasteiger partial charge in [-0.25, -0.2) is 0 Å². The van der Waals surface area contributed by atoms with E-state index in [1.165, 1.54) is 6.92 Å². The number of fused-ring (bicyclic) bond motifs is 1. The van der Waals surface area contributed by atoms with Gasteiger partial charge in [-0.15, -0.1) is 0 Å². The van der Waals surface area contributed by atoms with Crippen molar-refractivity contribution in [3.05, 3.63) is 29.8 Å². The number of aliphatic hydroxyl groups is 2. The third-order valence-electron chi connectivity index (χ3n) is 3.39. The standard InChI is InChI=1S/C14H20N2O3/c1-14(19,9-17)8-16-13(18)11-6-7-15-12-5-3-2-4-10(11)12/h2-5,11,15,17,19H,6-9H2,1H3,(H,16,18). The molecule has 4 N–H and O–H groups in total. The van der Waals surface area contributed by atoms with Crippen LogP contribution in [0.5, 0.6) is 0 Å². The molecule has 2 atom stereocenters. The lowest BCUT2D eigenvalue weighted by atomic mass is 9.90. The Morgan fingerprint density at radius 2 is 2.26 bits per heavy atom. The summed E-state index contributed by atoms with van der Waals surface area (Å²) >= 11 is 0. The zero-order chi connectivity index (χ0) is 13.9. The highest BCUT2D eigenvalue weighted by Gasteiger charge is 2.28. The van der Waals surface area contributed by atoms with Gasteiger partial charge in [0.25, 0.3) is 0 Å². The molecule has 2 rings (SSSR count). The van der Waals surface area contributed by atoms with Crippen LogP contribution in [0.4, 0.5) is 5.69 Å². The number of aliphatic hydroxyl groups excluding tert-OH is 1. The summed E-state index contributed by atoms with van der Waals surface area (Å²) in [7, 11) is 0. The minimum atomic E-state index is -1.28. The Hall–Kier alpha value is -1.59. The normalized spacial score (nSPS) is 20.9. The van der Waals surface area contributed by atoms with E-state index in [0.29, 0.717) is 0 Å². The van der Waals surface area contributed by atoms with Gasteiger partial charge in [0.15, 0.2) is 0 Å². The van der Waals surface area contributed by atoms with Gasteiger partial charge in [0.05, 0.1) is 12.5 Å². The van der Waals surface area contributed by atoms with Gasteiger partial charge >= 0.3 is 0 Å². The lowest BCUT2D eigenvalue weighted by Crippen LogP contribution is -2.45. The zero-order valence-corrected chi connectivity index (χ0v) is 11.0. The molecule has 5 heteroatoms. The Morgan fingerprint density at radius 3 is 3.00 bits per heavy atom. The molecule has 1 amide bonds. The maximum absolute atomic E-state index is 12.2. The third-order valence-corrected chi connectivity index (χ3v) is 3.39. The largest absolute Gasteiger partial charge is 0.393 e. The Morgan fingerprint density at radius 1 is 1.53 bits per heavy atom. The fraction of sp³-hybridized carbons (Fsp3) is 0.500. The van der Waals surface area contributed by atoms with Gasteiger partial charge in [-0.3, -0.25) is 4.79 Å². The summed E-state index contributed by atoms with van der Waals surface area (Å²) in [5.74, 6) is -0.311. The van der Waals surface area contributed by atoms with Crippen molar-refractivity contribution < 1.29 is 15.0 Å². The average Bonchev–Trinajstić information content (AvgIpc) is 2.44. The number of para-hydroxylation sites is 1. The Kier molecular flexibility index (Phi) is 4.07. The van der Waals surface area contributed by atoms with Crippen LogP contribution < -0.4 is 10.6 Å². The van der Waals surface area contributed by atoms with Crippen LogP contribution >= 0.6 is 0 Å². The summed E-state index contributed by atoms with van der Waals surface area (Å²) in [6.45, 7) is 1.92. The van der Waals surface area contributed by atoms with Crippen LogP contribution in [0.25, 0.3) is 0 Å². The monoisotopic (exact) mass is 264 g/mol. The third kappa shape index (κ3) is 3.24. The van der Waals surface area contributed by atoms with Crippen molar-refractivity contribution in [2.24, 2.45) is 0 Å². The van der Waals surface area contributed by atoms with Crippen molar-refractivity contribution in [3.8, 4) is 0 Å². The molecule has 1 aromatic carbocycles. The number of carbonyl (C=O) groups is 1. The maximum atomic E-state index is 12.2. The first-order chi connectivity index (χ1) is 9.03. The molecule has 0 radical (unpaired) electrons. The molecule has 0 aromatic heterocycles. The van der Waals surface area contributed by atoms with Crippen LogP contribution in [-0.2, 0) is 4.79 Å². The van der Waals surface area contributed by atoms with Gasteiger partial charge < -0.3 is 20.8 Å². The molecule has 1 aliphatic heterocycles. The molecule has 5 nitrogen and oxygen atoms in total. The Labute approximate surface area is 112 Å². The molecule has 0 spiro atoms. The van der Waals surface area contributed by atoms with Crippen LogP contribution in [0, 0.1) is 0 Å². The summed E-state index contributed by atoms with van der Waals surface area (Å²) in [6.07, 6.45) is 0.726. The van der Waals surface area contributed by atoms with Gasteiger partial charge in [0.1, 0.15) is 5.60 Å². The fourth-order valence-electron chi connectivity index (χ4n) is 2.20. The summed E-state index contributed by atoms with van der Waals surface area (Å²) in [5, 5.41) is 24.6. The molecular formula is C14H20N2O3. The van der Waals surface area contributed by atoms with Crippen LogP contribution in [0.1, 0.15) is 24.8 Å². The molecule has 1 aliphatic rings. The number of amides is 1. The molecule has 0 saturated heterocycles. The predicted molar refractivity (Wildman–Crippen MR) is 73.0 cm³/mol. The van der Waals surface area contributed by atoms with Crippen LogP contribution in [0.2, 0.25) is 0 Å². The molecule has 1 heterocycles. The molecule has 0 saturated carbocycles. The average molecular weight is 264 g/mol. The lowest BCUT2D eigenvalue weighted by molar-refractivity contribution is -0.124. The number of rotatable bonds is 4. The highest BCUT2D eigenvalue weighted by atomic mass is 16.3. The minimum absolute atomic E-state index is 0.0500. The highest BCUT2D eigenvalue weighted by molar-refractivity contribution is 5.86. The first kappa shape index (κ1) is 13.8. The molecule has 104 valence electrons. The molecule has 2 unspecified atom stereocenters. The quantitative estimate of drug-likeness (QED) is 0.636. The topological polar surface area (TPSA) is 81.6 Å². The van der Waals surface area contributed by atoms with Crippen molar-refractivity contribution in [2.45, 2.75) is 24.9 Å². The highest BCUT2D eigenvalue weighted by Crippen LogP contribution is 2.31. The van der Waals surface area contributed by atoms with E-state index >= 15 is 0 Å². The van der Waals surface area contributed by atoms with Crippen molar-refractivity contribution >= 4 is 11.6 Å². The van der Waals surface area contributed by atoms with E-state index in [4.69, 9.17) is 5.11 Å². The van der Waals surface area contributed by atoms with E-state index in [-0.39, 0.29) is 25.0 Å². The first-order valence-electron chi connectivity index (χ1n) is 6.47. The zero-order valence-electron chi connectivity index (χ0n) is 11.0. The van der Waals surface area contributed by atoms with Gasteiger partial charge in [-0.2, -0.15) is 0 Å². The van der Waals surface area contributed by atoms with Gasteiger partial charge in [-0.1, -0.05) is 18.2 Å². The van der Waals surface area contributed by atoms with E-state index in [0.717, 1.165) is 24.2 Å². The second-order valence-electron chi connectivity index (χ2n) is 5.23. The van der Waals surface area contributed by atoms with Gasteiger partial charge in [0.2, 0.25) is 5.91 Å². The SMILES string of the molecule is CC(O)(CO)CNC(=O)C1CCNc2ccccc21. The van der Waals surface area contributed by atoms with Crippen molar-refractivity contribution in [3.63, 3.8) is 0 Å². The summed E-state index contributed by atoms with van der Waals surface area (Å²) in [4.78, 5) is 12.2. The Bertz CT molecular complexity index is 460. The first-order valence-corrected chi connectivity index (χ1v) is 6.47. The molecular weight excluding hydrogens is 244 g/mol. The molecule has 1 aromatic rings. The lowest BCUT2D eigenvalue weighted by Gasteiger charge is -2.27. The van der Waals surface area contributed by atoms with Crippen molar-refractivity contribution in [1.29, 1.82) is 0 Å². The predicted octanol–water partition coefficient (Wildman–Crippen LogP) is 0.445. The van der Waals surface area contributed by atoms with Crippen LogP contribution in [-0.4, -0.2) is 41.4 Å². The smallest absolute Gasteiger partial charge is 0.227 e. The van der Waals surface area contributed by atoms with Crippen LogP contribution in [0.3, 0.4) is 0 Å². The van der Waals surface area contributed by atoms with Gasteiger partial charge in [0, 0.05) is 18.8 Å².